The summed E-state index contributed by atoms with van der Waals surface area (Å²) in [5.41, 5.74) is -0.157. The second-order valence-electron chi connectivity index (χ2n) is 5.21. The fourth-order valence-corrected chi connectivity index (χ4v) is 3.76. The lowest BCUT2D eigenvalue weighted by molar-refractivity contribution is 0.0827. The lowest BCUT2D eigenvalue weighted by Gasteiger charge is -2.14. The quantitative estimate of drug-likeness (QED) is 0.577. The van der Waals surface area contributed by atoms with E-state index in [1.165, 1.54) is 35.2 Å². The number of carbonyl (C=O) groups excluding carboxylic acids is 1. The van der Waals surface area contributed by atoms with Crippen LogP contribution in [0.4, 0.5) is 5.69 Å². The standard InChI is InChI=1S/C15H13Cl3N2O4S/c1-20(2)15(22)8-4-3-5-9(6-8)25(23,24)19-13-12(18)10(16)7-11(17)14(13)21/h3-7,19,21H,1-2H3. The van der Waals surface area contributed by atoms with E-state index in [2.05, 4.69) is 4.72 Å². The van der Waals surface area contributed by atoms with Gasteiger partial charge in [0.2, 0.25) is 0 Å². The van der Waals surface area contributed by atoms with Crippen molar-refractivity contribution < 1.29 is 18.3 Å². The van der Waals surface area contributed by atoms with E-state index >= 15 is 0 Å². The van der Waals surface area contributed by atoms with Crippen LogP contribution in [0, 0.1) is 0 Å². The molecule has 0 heterocycles. The number of benzene rings is 2. The van der Waals surface area contributed by atoms with Crippen LogP contribution in [0.1, 0.15) is 10.4 Å². The first kappa shape index (κ1) is 19.7. The number of hydrogen-bond acceptors (Lipinski definition) is 4. The minimum Gasteiger partial charge on any atom is -0.504 e. The van der Waals surface area contributed by atoms with Gasteiger partial charge in [-0.05, 0) is 24.3 Å². The van der Waals surface area contributed by atoms with Gasteiger partial charge in [0, 0.05) is 19.7 Å². The van der Waals surface area contributed by atoms with Gasteiger partial charge in [-0.2, -0.15) is 0 Å². The van der Waals surface area contributed by atoms with Crippen LogP contribution in [-0.4, -0.2) is 38.4 Å². The van der Waals surface area contributed by atoms with Gasteiger partial charge in [-0.3, -0.25) is 9.52 Å². The van der Waals surface area contributed by atoms with Crippen LogP contribution in [0.3, 0.4) is 0 Å². The molecule has 0 saturated heterocycles. The molecule has 0 atom stereocenters. The van der Waals surface area contributed by atoms with E-state index < -0.39 is 15.8 Å². The Morgan fingerprint density at radius 3 is 2.36 bits per heavy atom. The average Bonchev–Trinajstić information content (AvgIpc) is 2.56. The summed E-state index contributed by atoms with van der Waals surface area (Å²) in [6.45, 7) is 0. The van der Waals surface area contributed by atoms with Crippen LogP contribution in [-0.2, 0) is 10.0 Å². The van der Waals surface area contributed by atoms with E-state index in [1.807, 2.05) is 0 Å². The lowest BCUT2D eigenvalue weighted by atomic mass is 10.2. The number of halogens is 3. The number of amides is 1. The molecule has 0 spiro atoms. The van der Waals surface area contributed by atoms with Crippen molar-refractivity contribution >= 4 is 56.4 Å². The Balaban J connectivity index is 2.48. The predicted molar refractivity (Wildman–Crippen MR) is 98.4 cm³/mol. The maximum Gasteiger partial charge on any atom is 0.262 e. The molecule has 2 N–H and O–H groups in total. The molecule has 6 nitrogen and oxygen atoms in total. The van der Waals surface area contributed by atoms with Gasteiger partial charge in [0.25, 0.3) is 15.9 Å². The van der Waals surface area contributed by atoms with Crippen molar-refractivity contribution in [3.8, 4) is 5.75 Å². The zero-order chi connectivity index (χ0) is 18.9. The summed E-state index contributed by atoms with van der Waals surface area (Å²) in [7, 11) is -1.06. The van der Waals surface area contributed by atoms with Crippen molar-refractivity contribution in [3.05, 3.63) is 51.0 Å². The molecule has 0 aliphatic rings. The maximum atomic E-state index is 12.6. The van der Waals surface area contributed by atoms with Gasteiger partial charge < -0.3 is 10.0 Å². The summed E-state index contributed by atoms with van der Waals surface area (Å²) in [4.78, 5) is 13.1. The Morgan fingerprint density at radius 2 is 1.76 bits per heavy atom. The van der Waals surface area contributed by atoms with Crippen molar-refractivity contribution in [2.24, 2.45) is 0 Å². The fourth-order valence-electron chi connectivity index (χ4n) is 1.93. The summed E-state index contributed by atoms with van der Waals surface area (Å²) in [6, 6.07) is 6.61. The number of phenolic OH excluding ortho intramolecular Hbond substituents is 1. The molecule has 0 bridgehead atoms. The third kappa shape index (κ3) is 4.12. The minimum atomic E-state index is -4.16. The van der Waals surface area contributed by atoms with Gasteiger partial charge in [0.05, 0.1) is 20.0 Å². The van der Waals surface area contributed by atoms with Crippen LogP contribution in [0.5, 0.6) is 5.75 Å². The highest BCUT2D eigenvalue weighted by molar-refractivity contribution is 7.92. The van der Waals surface area contributed by atoms with E-state index in [-0.39, 0.29) is 37.1 Å². The third-order valence-corrected chi connectivity index (χ3v) is 5.60. The molecule has 2 rings (SSSR count). The van der Waals surface area contributed by atoms with Gasteiger partial charge in [-0.25, -0.2) is 8.42 Å². The van der Waals surface area contributed by atoms with Gasteiger partial charge in [0.1, 0.15) is 5.69 Å². The van der Waals surface area contributed by atoms with Gasteiger partial charge in [-0.1, -0.05) is 40.9 Å². The number of nitrogens with zero attached hydrogens (tertiary/aromatic N) is 1. The molecule has 0 fully saturated rings. The molecule has 0 aromatic heterocycles. The lowest BCUT2D eigenvalue weighted by Crippen LogP contribution is -2.22. The number of nitrogens with one attached hydrogen (secondary N) is 1. The first-order valence-corrected chi connectivity index (χ1v) is 9.37. The predicted octanol–water partition coefficient (Wildman–Crippen LogP) is 3.86. The number of hydrogen-bond donors (Lipinski definition) is 2. The van der Waals surface area contributed by atoms with Crippen LogP contribution >= 0.6 is 34.8 Å². The zero-order valence-electron chi connectivity index (χ0n) is 13.0. The third-order valence-electron chi connectivity index (χ3n) is 3.18. The van der Waals surface area contributed by atoms with E-state index in [9.17, 15) is 18.3 Å². The van der Waals surface area contributed by atoms with E-state index in [4.69, 9.17) is 34.8 Å². The largest absolute Gasteiger partial charge is 0.504 e. The fraction of sp³-hybridized carbons (Fsp3) is 0.133. The van der Waals surface area contributed by atoms with Crippen LogP contribution in [0.15, 0.2) is 35.2 Å². The summed E-state index contributed by atoms with van der Waals surface area (Å²) in [5, 5.41) is 9.57. The highest BCUT2D eigenvalue weighted by Gasteiger charge is 2.22. The Morgan fingerprint density at radius 1 is 1.12 bits per heavy atom. The Hall–Kier alpha value is -1.67. The summed E-state index contributed by atoms with van der Waals surface area (Å²) >= 11 is 17.6. The molecule has 0 unspecified atom stereocenters. The average molecular weight is 424 g/mol. The normalized spacial score (nSPS) is 11.2. The van der Waals surface area contributed by atoms with E-state index in [0.29, 0.717) is 0 Å². The van der Waals surface area contributed by atoms with Crippen molar-refractivity contribution in [3.63, 3.8) is 0 Å². The molecule has 1 amide bonds. The second kappa shape index (κ2) is 7.29. The minimum absolute atomic E-state index is 0.0290. The molecule has 134 valence electrons. The van der Waals surface area contributed by atoms with Crippen molar-refractivity contribution in [1.82, 2.24) is 4.90 Å². The number of rotatable bonds is 4. The van der Waals surface area contributed by atoms with E-state index in [1.54, 1.807) is 14.1 Å². The van der Waals surface area contributed by atoms with Crippen LogP contribution in [0.2, 0.25) is 15.1 Å². The van der Waals surface area contributed by atoms with Crippen LogP contribution in [0.25, 0.3) is 0 Å². The first-order valence-electron chi connectivity index (χ1n) is 6.75. The Kier molecular flexibility index (Phi) is 5.73. The maximum absolute atomic E-state index is 12.6. The summed E-state index contributed by atoms with van der Waals surface area (Å²) < 4.78 is 27.3. The zero-order valence-corrected chi connectivity index (χ0v) is 16.1. The molecule has 0 radical (unpaired) electrons. The summed E-state index contributed by atoms with van der Waals surface area (Å²) in [5.74, 6) is -0.913. The molecule has 0 aliphatic carbocycles. The molecule has 0 saturated carbocycles. The van der Waals surface area contributed by atoms with Crippen molar-refractivity contribution in [1.29, 1.82) is 0 Å². The van der Waals surface area contributed by atoms with E-state index in [0.717, 1.165) is 0 Å². The first-order chi connectivity index (χ1) is 11.5. The Labute approximate surface area is 160 Å². The highest BCUT2D eigenvalue weighted by atomic mass is 35.5. The van der Waals surface area contributed by atoms with Crippen molar-refractivity contribution in [2.75, 3.05) is 18.8 Å². The Bertz CT molecular complexity index is 920. The number of anilines is 1. The smallest absolute Gasteiger partial charge is 0.262 e. The van der Waals surface area contributed by atoms with Gasteiger partial charge >= 0.3 is 0 Å². The molecule has 2 aromatic carbocycles. The van der Waals surface area contributed by atoms with Crippen LogP contribution < -0.4 is 4.72 Å². The van der Waals surface area contributed by atoms with Gasteiger partial charge in [0.15, 0.2) is 5.75 Å². The molecular weight excluding hydrogens is 411 g/mol. The molecular formula is C15H13Cl3N2O4S. The van der Waals surface area contributed by atoms with Crippen molar-refractivity contribution in [2.45, 2.75) is 4.90 Å². The number of sulfonamides is 1. The molecule has 10 heteroatoms. The monoisotopic (exact) mass is 422 g/mol. The topological polar surface area (TPSA) is 86.7 Å². The SMILES string of the molecule is CN(C)C(=O)c1cccc(S(=O)(=O)Nc2c(O)c(Cl)cc(Cl)c2Cl)c1. The molecule has 2 aromatic rings. The number of carbonyl (C=O) groups is 1. The second-order valence-corrected chi connectivity index (χ2v) is 8.09. The number of aromatic hydroxyl groups is 1. The number of phenols is 1. The molecule has 0 aliphatic heterocycles. The highest BCUT2D eigenvalue weighted by Crippen LogP contribution is 2.43. The molecule has 25 heavy (non-hydrogen) atoms. The summed E-state index contributed by atoms with van der Waals surface area (Å²) in [6.07, 6.45) is 0. The van der Waals surface area contributed by atoms with Gasteiger partial charge in [-0.15, -0.1) is 0 Å².